The van der Waals surface area contributed by atoms with Crippen molar-refractivity contribution in [2.24, 2.45) is 4.99 Å². The van der Waals surface area contributed by atoms with Crippen LogP contribution >= 0.6 is 11.3 Å². The maximum absolute atomic E-state index is 12.7. The van der Waals surface area contributed by atoms with E-state index in [-0.39, 0.29) is 16.6 Å². The van der Waals surface area contributed by atoms with Crippen LogP contribution in [0.3, 0.4) is 0 Å². The van der Waals surface area contributed by atoms with E-state index in [1.54, 1.807) is 6.92 Å². The SMILES string of the molecule is CCn1c(O)c(C=Nc2ccc(F)cc2)sc1=O. The molecule has 6 heteroatoms. The van der Waals surface area contributed by atoms with Gasteiger partial charge in [-0.3, -0.25) is 14.4 Å². The van der Waals surface area contributed by atoms with Crippen molar-refractivity contribution < 1.29 is 9.50 Å². The minimum atomic E-state index is -0.335. The van der Waals surface area contributed by atoms with Crippen LogP contribution in [-0.4, -0.2) is 15.9 Å². The second-order valence-electron chi connectivity index (χ2n) is 3.53. The first-order chi connectivity index (χ1) is 8.61. The van der Waals surface area contributed by atoms with E-state index in [1.165, 1.54) is 35.0 Å². The normalized spacial score (nSPS) is 11.2. The molecule has 0 aliphatic rings. The molecule has 2 rings (SSSR count). The van der Waals surface area contributed by atoms with Gasteiger partial charge in [0.15, 0.2) is 0 Å². The number of halogens is 1. The molecule has 0 spiro atoms. The Kier molecular flexibility index (Phi) is 3.57. The predicted molar refractivity (Wildman–Crippen MR) is 69.6 cm³/mol. The molecule has 94 valence electrons. The van der Waals surface area contributed by atoms with Gasteiger partial charge in [0, 0.05) is 6.54 Å². The predicted octanol–water partition coefficient (Wildman–Crippen LogP) is 2.53. The van der Waals surface area contributed by atoms with Gasteiger partial charge in [0.1, 0.15) is 10.7 Å². The van der Waals surface area contributed by atoms with Gasteiger partial charge < -0.3 is 5.11 Å². The van der Waals surface area contributed by atoms with E-state index in [0.717, 1.165) is 11.3 Å². The summed E-state index contributed by atoms with van der Waals surface area (Å²) >= 11 is 0.922. The molecule has 0 amide bonds. The number of aliphatic imine (C=N–C) groups is 1. The number of aromatic hydroxyl groups is 1. The van der Waals surface area contributed by atoms with Crippen LogP contribution in [0.25, 0.3) is 0 Å². The van der Waals surface area contributed by atoms with Crippen molar-refractivity contribution in [1.82, 2.24) is 4.57 Å². The van der Waals surface area contributed by atoms with E-state index < -0.39 is 0 Å². The number of nitrogens with zero attached hydrogens (tertiary/aromatic N) is 2. The lowest BCUT2D eigenvalue weighted by Gasteiger charge is -1.96. The van der Waals surface area contributed by atoms with Crippen LogP contribution in [0.4, 0.5) is 10.1 Å². The molecule has 0 saturated carbocycles. The Labute approximate surface area is 107 Å². The Morgan fingerprint density at radius 2 is 2.11 bits per heavy atom. The summed E-state index contributed by atoms with van der Waals surface area (Å²) in [7, 11) is 0. The van der Waals surface area contributed by atoms with Gasteiger partial charge in [0.25, 0.3) is 0 Å². The van der Waals surface area contributed by atoms with Crippen molar-refractivity contribution in [1.29, 1.82) is 0 Å². The van der Waals surface area contributed by atoms with Crippen LogP contribution in [0.1, 0.15) is 11.8 Å². The second-order valence-corrected chi connectivity index (χ2v) is 4.53. The number of thiazole rings is 1. The van der Waals surface area contributed by atoms with Crippen LogP contribution in [0.5, 0.6) is 5.88 Å². The highest BCUT2D eigenvalue weighted by Crippen LogP contribution is 2.19. The summed E-state index contributed by atoms with van der Waals surface area (Å²) in [5, 5.41) is 9.75. The fraction of sp³-hybridized carbons (Fsp3) is 0.167. The highest BCUT2D eigenvalue weighted by Gasteiger charge is 2.10. The molecular formula is C12H11FN2O2S. The van der Waals surface area contributed by atoms with E-state index >= 15 is 0 Å². The van der Waals surface area contributed by atoms with Gasteiger partial charge in [0.2, 0.25) is 5.88 Å². The van der Waals surface area contributed by atoms with Gasteiger partial charge in [-0.05, 0) is 31.2 Å². The molecule has 0 radical (unpaired) electrons. The minimum Gasteiger partial charge on any atom is -0.493 e. The minimum absolute atomic E-state index is 0.0849. The van der Waals surface area contributed by atoms with Crippen molar-refractivity contribution in [3.8, 4) is 5.88 Å². The monoisotopic (exact) mass is 266 g/mol. The highest BCUT2D eigenvalue weighted by molar-refractivity contribution is 7.11. The zero-order valence-corrected chi connectivity index (χ0v) is 10.4. The lowest BCUT2D eigenvalue weighted by atomic mass is 10.3. The van der Waals surface area contributed by atoms with Crippen molar-refractivity contribution >= 4 is 23.2 Å². The van der Waals surface area contributed by atoms with E-state index in [2.05, 4.69) is 4.99 Å². The fourth-order valence-corrected chi connectivity index (χ4v) is 2.26. The summed E-state index contributed by atoms with van der Waals surface area (Å²) in [6, 6.07) is 5.63. The smallest absolute Gasteiger partial charge is 0.310 e. The summed E-state index contributed by atoms with van der Waals surface area (Å²) in [4.78, 5) is 15.7. The molecule has 0 atom stereocenters. The molecule has 0 aliphatic carbocycles. The van der Waals surface area contributed by atoms with Gasteiger partial charge in [-0.25, -0.2) is 4.39 Å². The van der Waals surface area contributed by atoms with Crippen molar-refractivity contribution in [3.63, 3.8) is 0 Å². The molecule has 1 aromatic carbocycles. The number of hydrogen-bond acceptors (Lipinski definition) is 4. The largest absolute Gasteiger partial charge is 0.493 e. The van der Waals surface area contributed by atoms with Crippen molar-refractivity contribution in [3.05, 3.63) is 44.6 Å². The Bertz CT molecular complexity index is 629. The number of hydrogen-bond donors (Lipinski definition) is 1. The first-order valence-corrected chi connectivity index (χ1v) is 6.15. The zero-order chi connectivity index (χ0) is 13.1. The first kappa shape index (κ1) is 12.5. The summed E-state index contributed by atoms with van der Waals surface area (Å²) in [5.74, 6) is -0.419. The Hall–Kier alpha value is -1.95. The Morgan fingerprint density at radius 3 is 2.67 bits per heavy atom. The molecule has 0 unspecified atom stereocenters. The van der Waals surface area contributed by atoms with Gasteiger partial charge in [-0.1, -0.05) is 11.3 Å². The highest BCUT2D eigenvalue weighted by atomic mass is 32.1. The van der Waals surface area contributed by atoms with E-state index in [4.69, 9.17) is 0 Å². The lowest BCUT2D eigenvalue weighted by molar-refractivity contribution is 0.417. The summed E-state index contributed by atoms with van der Waals surface area (Å²) in [6.07, 6.45) is 1.40. The second kappa shape index (κ2) is 5.14. The van der Waals surface area contributed by atoms with Crippen LogP contribution in [0.15, 0.2) is 34.1 Å². The molecule has 2 aromatic rings. The summed E-state index contributed by atoms with van der Waals surface area (Å²) in [6.45, 7) is 2.18. The third-order valence-electron chi connectivity index (χ3n) is 2.37. The third-order valence-corrected chi connectivity index (χ3v) is 3.27. The molecule has 1 N–H and O–H groups in total. The van der Waals surface area contributed by atoms with E-state index in [0.29, 0.717) is 17.1 Å². The molecule has 1 aromatic heterocycles. The zero-order valence-electron chi connectivity index (χ0n) is 9.63. The number of benzene rings is 1. The maximum atomic E-state index is 12.7. The Morgan fingerprint density at radius 1 is 1.44 bits per heavy atom. The van der Waals surface area contributed by atoms with E-state index in [9.17, 15) is 14.3 Å². The third kappa shape index (κ3) is 2.48. The summed E-state index contributed by atoms with van der Waals surface area (Å²) in [5.41, 5.74) is 0.555. The van der Waals surface area contributed by atoms with Crippen LogP contribution < -0.4 is 4.87 Å². The van der Waals surface area contributed by atoms with Crippen molar-refractivity contribution in [2.45, 2.75) is 13.5 Å². The number of aromatic nitrogens is 1. The molecule has 1 heterocycles. The van der Waals surface area contributed by atoms with Crippen molar-refractivity contribution in [2.75, 3.05) is 0 Å². The van der Waals surface area contributed by atoms with Crippen LogP contribution in [0, 0.1) is 5.82 Å². The molecular weight excluding hydrogens is 255 g/mol. The molecule has 4 nitrogen and oxygen atoms in total. The topological polar surface area (TPSA) is 54.6 Å². The molecule has 0 fully saturated rings. The lowest BCUT2D eigenvalue weighted by Crippen LogP contribution is -2.09. The maximum Gasteiger partial charge on any atom is 0.310 e. The standard InChI is InChI=1S/C12H11FN2O2S/c1-2-15-11(16)10(18-12(15)17)7-14-9-5-3-8(13)4-6-9/h3-7,16H,2H2,1H3. The fourth-order valence-electron chi connectivity index (χ4n) is 1.44. The van der Waals surface area contributed by atoms with Gasteiger partial charge in [0.05, 0.1) is 11.9 Å². The van der Waals surface area contributed by atoms with Crippen LogP contribution in [0.2, 0.25) is 0 Å². The average molecular weight is 266 g/mol. The molecule has 0 saturated heterocycles. The average Bonchev–Trinajstić information content (AvgIpc) is 2.63. The quantitative estimate of drug-likeness (QED) is 0.868. The Balaban J connectivity index is 2.29. The molecule has 18 heavy (non-hydrogen) atoms. The van der Waals surface area contributed by atoms with Gasteiger partial charge >= 0.3 is 4.87 Å². The first-order valence-electron chi connectivity index (χ1n) is 5.34. The van der Waals surface area contributed by atoms with E-state index in [1.807, 2.05) is 0 Å². The van der Waals surface area contributed by atoms with Crippen LogP contribution in [-0.2, 0) is 6.54 Å². The van der Waals surface area contributed by atoms with Gasteiger partial charge in [-0.15, -0.1) is 0 Å². The van der Waals surface area contributed by atoms with Gasteiger partial charge in [-0.2, -0.15) is 0 Å². The molecule has 0 bridgehead atoms. The number of rotatable bonds is 3. The summed E-state index contributed by atoms with van der Waals surface area (Å²) < 4.78 is 13.9. The molecule has 0 aliphatic heterocycles.